The van der Waals surface area contributed by atoms with Crippen molar-refractivity contribution in [3.63, 3.8) is 0 Å². The van der Waals surface area contributed by atoms with Crippen molar-refractivity contribution in [2.45, 2.75) is 56.6 Å². The minimum absolute atomic E-state index is 0.0115. The smallest absolute Gasteiger partial charge is 0.338 e. The summed E-state index contributed by atoms with van der Waals surface area (Å²) < 4.78 is 4.98. The van der Waals surface area contributed by atoms with Crippen molar-refractivity contribution >= 4 is 11.9 Å². The van der Waals surface area contributed by atoms with Gasteiger partial charge < -0.3 is 30.5 Å². The highest BCUT2D eigenvalue weighted by Crippen LogP contribution is 2.28. The Morgan fingerprint density at radius 2 is 2.20 bits per heavy atom. The van der Waals surface area contributed by atoms with Gasteiger partial charge in [-0.05, 0) is 6.42 Å². The first-order valence-electron chi connectivity index (χ1n) is 6.42. The quantitative estimate of drug-likeness (QED) is 0.366. The molecular weight excluding hydrogens is 270 g/mol. The van der Waals surface area contributed by atoms with E-state index in [9.17, 15) is 24.9 Å². The fourth-order valence-corrected chi connectivity index (χ4v) is 2.21. The lowest BCUT2D eigenvalue weighted by Crippen LogP contribution is -2.55. The lowest BCUT2D eigenvalue weighted by atomic mass is 9.90. The van der Waals surface area contributed by atoms with Crippen LogP contribution in [0.25, 0.3) is 0 Å². The largest absolute Gasteiger partial charge is 0.455 e. The fraction of sp³-hybridized carbons (Fsp3) is 0.833. The summed E-state index contributed by atoms with van der Waals surface area (Å²) in [7, 11) is 0. The normalized spacial score (nSPS) is 35.9. The maximum absolute atomic E-state index is 11.9. The molecule has 8 heteroatoms. The van der Waals surface area contributed by atoms with Gasteiger partial charge in [0.1, 0.15) is 6.10 Å². The standard InChI is InChI=1S/C12H21NO7/c1-3-12(19)4-7(16)9(13-6(2)15)10(8(17)5-14)20-11(12)18/h7-10,14,16-17,19H,3-5H2,1-2H3,(H,13,15)/t7?,8?,9?,10?,12-/m0/s1. The van der Waals surface area contributed by atoms with Gasteiger partial charge >= 0.3 is 5.97 Å². The molecule has 0 spiro atoms. The number of esters is 1. The van der Waals surface area contributed by atoms with E-state index in [1.807, 2.05) is 0 Å². The molecule has 8 nitrogen and oxygen atoms in total. The summed E-state index contributed by atoms with van der Waals surface area (Å²) in [6.45, 7) is 2.03. The molecule has 0 aromatic rings. The molecule has 116 valence electrons. The van der Waals surface area contributed by atoms with Gasteiger partial charge in [-0.2, -0.15) is 0 Å². The van der Waals surface area contributed by atoms with Crippen molar-refractivity contribution in [2.75, 3.05) is 6.61 Å². The van der Waals surface area contributed by atoms with E-state index >= 15 is 0 Å². The van der Waals surface area contributed by atoms with E-state index in [2.05, 4.69) is 5.32 Å². The van der Waals surface area contributed by atoms with Crippen LogP contribution >= 0.6 is 0 Å². The van der Waals surface area contributed by atoms with Gasteiger partial charge in [0.05, 0.1) is 18.8 Å². The number of ether oxygens (including phenoxy) is 1. The second-order valence-electron chi connectivity index (χ2n) is 5.00. The Hall–Kier alpha value is -1.22. The van der Waals surface area contributed by atoms with Crippen LogP contribution in [-0.2, 0) is 14.3 Å². The van der Waals surface area contributed by atoms with Crippen LogP contribution in [0.3, 0.4) is 0 Å². The number of rotatable bonds is 4. The molecule has 0 aromatic heterocycles. The van der Waals surface area contributed by atoms with Crippen LogP contribution in [-0.4, -0.2) is 68.9 Å². The third-order valence-corrected chi connectivity index (χ3v) is 3.46. The number of hydrogen-bond donors (Lipinski definition) is 5. The number of carbonyl (C=O) groups is 2. The zero-order valence-electron chi connectivity index (χ0n) is 11.4. The maximum atomic E-state index is 11.9. The molecule has 5 atom stereocenters. The summed E-state index contributed by atoms with van der Waals surface area (Å²) in [4.78, 5) is 23.1. The third kappa shape index (κ3) is 3.45. The number of carbonyl (C=O) groups excluding carboxylic acids is 2. The molecular formula is C12H21NO7. The Kier molecular flexibility index (Phi) is 5.46. The van der Waals surface area contributed by atoms with Crippen molar-refractivity contribution in [3.05, 3.63) is 0 Å². The van der Waals surface area contributed by atoms with Gasteiger partial charge in [-0.1, -0.05) is 6.92 Å². The number of amides is 1. The first-order valence-corrected chi connectivity index (χ1v) is 6.42. The molecule has 0 saturated carbocycles. The molecule has 1 rings (SSSR count). The third-order valence-electron chi connectivity index (χ3n) is 3.46. The van der Waals surface area contributed by atoms with Crippen molar-refractivity contribution in [3.8, 4) is 0 Å². The second-order valence-corrected chi connectivity index (χ2v) is 5.00. The van der Waals surface area contributed by atoms with Gasteiger partial charge in [0.2, 0.25) is 5.91 Å². The van der Waals surface area contributed by atoms with Gasteiger partial charge in [0.25, 0.3) is 0 Å². The average molecular weight is 291 g/mol. The van der Waals surface area contributed by atoms with Crippen LogP contribution in [0, 0.1) is 0 Å². The van der Waals surface area contributed by atoms with Crippen molar-refractivity contribution < 1.29 is 34.8 Å². The Labute approximate surface area is 116 Å². The first kappa shape index (κ1) is 16.8. The van der Waals surface area contributed by atoms with Crippen LogP contribution in [0.15, 0.2) is 0 Å². The van der Waals surface area contributed by atoms with Crippen LogP contribution in [0.5, 0.6) is 0 Å². The lowest BCUT2D eigenvalue weighted by molar-refractivity contribution is -0.176. The number of nitrogens with one attached hydrogen (secondary N) is 1. The summed E-state index contributed by atoms with van der Waals surface area (Å²) in [6, 6.07) is -1.11. The van der Waals surface area contributed by atoms with Crippen molar-refractivity contribution in [1.82, 2.24) is 5.32 Å². The minimum atomic E-state index is -1.89. The molecule has 1 aliphatic rings. The number of cyclic esters (lactones) is 1. The number of aliphatic hydroxyl groups excluding tert-OH is 3. The number of hydrogen-bond acceptors (Lipinski definition) is 7. The second kappa shape index (κ2) is 6.49. The van der Waals surface area contributed by atoms with E-state index in [0.717, 1.165) is 0 Å². The highest BCUT2D eigenvalue weighted by atomic mass is 16.6. The molecule has 5 N–H and O–H groups in total. The summed E-state index contributed by atoms with van der Waals surface area (Å²) in [5, 5.41) is 41.3. The van der Waals surface area contributed by atoms with Gasteiger partial charge in [-0.15, -0.1) is 0 Å². The Balaban J connectivity index is 3.10. The zero-order valence-corrected chi connectivity index (χ0v) is 11.4. The minimum Gasteiger partial charge on any atom is -0.455 e. The molecule has 1 aliphatic heterocycles. The van der Waals surface area contributed by atoms with E-state index in [-0.39, 0.29) is 12.8 Å². The summed E-state index contributed by atoms with van der Waals surface area (Å²) in [5.74, 6) is -1.49. The summed E-state index contributed by atoms with van der Waals surface area (Å²) in [6.07, 6.45) is -4.45. The van der Waals surface area contributed by atoms with Crippen molar-refractivity contribution in [2.24, 2.45) is 0 Å². The molecule has 1 saturated heterocycles. The van der Waals surface area contributed by atoms with Crippen LogP contribution < -0.4 is 5.32 Å². The maximum Gasteiger partial charge on any atom is 0.338 e. The Bertz CT molecular complexity index is 375. The Morgan fingerprint density at radius 3 is 2.65 bits per heavy atom. The first-order chi connectivity index (χ1) is 9.25. The Morgan fingerprint density at radius 1 is 1.60 bits per heavy atom. The molecule has 1 amide bonds. The highest BCUT2D eigenvalue weighted by Gasteiger charge is 2.49. The van der Waals surface area contributed by atoms with Gasteiger partial charge in [-0.25, -0.2) is 4.79 Å². The van der Waals surface area contributed by atoms with Crippen LogP contribution in [0.4, 0.5) is 0 Å². The average Bonchev–Trinajstić information content (AvgIpc) is 2.48. The molecule has 4 unspecified atom stereocenters. The molecule has 1 fully saturated rings. The van der Waals surface area contributed by atoms with Crippen LogP contribution in [0.2, 0.25) is 0 Å². The van der Waals surface area contributed by atoms with E-state index in [1.54, 1.807) is 6.92 Å². The predicted molar refractivity (Wildman–Crippen MR) is 66.4 cm³/mol. The van der Waals surface area contributed by atoms with E-state index in [1.165, 1.54) is 6.92 Å². The summed E-state index contributed by atoms with van der Waals surface area (Å²) >= 11 is 0. The molecule has 20 heavy (non-hydrogen) atoms. The molecule has 0 aliphatic carbocycles. The fourth-order valence-electron chi connectivity index (χ4n) is 2.21. The predicted octanol–water partition coefficient (Wildman–Crippen LogP) is -2.34. The SMILES string of the molecule is CC[C@]1(O)CC(O)C(NC(C)=O)C(C(O)CO)OC1=O. The van der Waals surface area contributed by atoms with Crippen molar-refractivity contribution in [1.29, 1.82) is 0 Å². The molecule has 0 radical (unpaired) electrons. The van der Waals surface area contributed by atoms with E-state index in [4.69, 9.17) is 9.84 Å². The van der Waals surface area contributed by atoms with Gasteiger partial charge in [0, 0.05) is 13.3 Å². The molecule has 0 aromatic carbocycles. The summed E-state index contributed by atoms with van der Waals surface area (Å²) in [5.41, 5.74) is -1.89. The van der Waals surface area contributed by atoms with Gasteiger partial charge in [0.15, 0.2) is 11.7 Å². The van der Waals surface area contributed by atoms with E-state index < -0.39 is 48.4 Å². The highest BCUT2D eigenvalue weighted by molar-refractivity contribution is 5.80. The van der Waals surface area contributed by atoms with Crippen LogP contribution in [0.1, 0.15) is 26.7 Å². The van der Waals surface area contributed by atoms with E-state index in [0.29, 0.717) is 0 Å². The number of aliphatic hydroxyl groups is 4. The topological polar surface area (TPSA) is 136 Å². The zero-order chi connectivity index (χ0) is 15.5. The molecule has 1 heterocycles. The lowest BCUT2D eigenvalue weighted by Gasteiger charge is -2.30. The molecule has 0 bridgehead atoms. The van der Waals surface area contributed by atoms with Gasteiger partial charge in [-0.3, -0.25) is 4.79 Å². The monoisotopic (exact) mass is 291 g/mol.